The molecule has 0 aliphatic heterocycles. The molecular formula is C13H16N2O4S2. The van der Waals surface area contributed by atoms with Gasteiger partial charge in [-0.05, 0) is 17.0 Å². The molecule has 0 spiro atoms. The van der Waals surface area contributed by atoms with E-state index in [-0.39, 0.29) is 4.21 Å². The number of nitrogens with one attached hydrogen (secondary N) is 1. The van der Waals surface area contributed by atoms with Gasteiger partial charge in [0.25, 0.3) is 10.0 Å². The van der Waals surface area contributed by atoms with Crippen molar-refractivity contribution in [3.05, 3.63) is 35.2 Å². The number of anilines is 1. The van der Waals surface area contributed by atoms with E-state index >= 15 is 0 Å². The fourth-order valence-electron chi connectivity index (χ4n) is 1.67. The molecule has 1 aromatic carbocycles. The molecule has 0 aliphatic rings. The molecule has 0 unspecified atom stereocenters. The van der Waals surface area contributed by atoms with E-state index in [1.54, 1.807) is 29.6 Å². The molecule has 2 rings (SSSR count). The van der Waals surface area contributed by atoms with Crippen molar-refractivity contribution in [3.63, 3.8) is 0 Å². The van der Waals surface area contributed by atoms with E-state index in [1.165, 1.54) is 14.2 Å². The zero-order valence-electron chi connectivity index (χ0n) is 11.6. The molecule has 1 aromatic heterocycles. The van der Waals surface area contributed by atoms with Crippen LogP contribution in [0.4, 0.5) is 5.69 Å². The average molecular weight is 328 g/mol. The highest BCUT2D eigenvalue weighted by Gasteiger charge is 2.17. The molecular weight excluding hydrogens is 312 g/mol. The number of ether oxygens (including phenoxy) is 2. The Morgan fingerprint density at radius 2 is 1.76 bits per heavy atom. The highest BCUT2D eigenvalue weighted by atomic mass is 32.2. The van der Waals surface area contributed by atoms with Crippen molar-refractivity contribution in [1.82, 2.24) is 0 Å². The van der Waals surface area contributed by atoms with Crippen LogP contribution in [0.15, 0.2) is 33.9 Å². The lowest BCUT2D eigenvalue weighted by atomic mass is 10.3. The van der Waals surface area contributed by atoms with Gasteiger partial charge in [-0.2, -0.15) is 0 Å². The van der Waals surface area contributed by atoms with Gasteiger partial charge in [-0.1, -0.05) is 0 Å². The summed E-state index contributed by atoms with van der Waals surface area (Å²) in [6.45, 7) is 0.305. The van der Waals surface area contributed by atoms with Crippen LogP contribution in [0.3, 0.4) is 0 Å². The van der Waals surface area contributed by atoms with Crippen LogP contribution in [0.25, 0.3) is 0 Å². The first-order valence-corrected chi connectivity index (χ1v) is 8.38. The monoisotopic (exact) mass is 328 g/mol. The summed E-state index contributed by atoms with van der Waals surface area (Å²) in [5, 5.41) is 1.72. The number of hydrogen-bond acceptors (Lipinski definition) is 6. The minimum atomic E-state index is -3.65. The lowest BCUT2D eigenvalue weighted by Gasteiger charge is -2.10. The molecule has 2 aromatic rings. The predicted octanol–water partition coefficient (Wildman–Crippen LogP) is 2.02. The number of nitrogens with two attached hydrogens (primary N) is 1. The van der Waals surface area contributed by atoms with Gasteiger partial charge in [0.15, 0.2) is 0 Å². The Bertz CT molecular complexity index is 703. The number of hydrogen-bond donors (Lipinski definition) is 2. The highest BCUT2D eigenvalue weighted by molar-refractivity contribution is 7.94. The van der Waals surface area contributed by atoms with Crippen LogP contribution in [-0.2, 0) is 16.6 Å². The third kappa shape index (κ3) is 3.66. The van der Waals surface area contributed by atoms with Crippen molar-refractivity contribution in [3.8, 4) is 11.5 Å². The third-order valence-electron chi connectivity index (χ3n) is 2.73. The summed E-state index contributed by atoms with van der Waals surface area (Å²) in [6.07, 6.45) is 0. The van der Waals surface area contributed by atoms with Crippen LogP contribution < -0.4 is 19.9 Å². The fourth-order valence-corrected chi connectivity index (χ4v) is 3.94. The quantitative estimate of drug-likeness (QED) is 0.846. The normalized spacial score (nSPS) is 11.2. The number of thiophene rings is 1. The van der Waals surface area contributed by atoms with Crippen LogP contribution in [0.5, 0.6) is 11.5 Å². The summed E-state index contributed by atoms with van der Waals surface area (Å²) in [4.78, 5) is 0. The Morgan fingerprint density at radius 1 is 1.14 bits per heavy atom. The molecule has 3 N–H and O–H groups in total. The van der Waals surface area contributed by atoms with Crippen LogP contribution >= 0.6 is 11.3 Å². The molecule has 0 bridgehead atoms. The first-order valence-electron chi connectivity index (χ1n) is 6.02. The molecule has 21 heavy (non-hydrogen) atoms. The van der Waals surface area contributed by atoms with E-state index in [0.717, 1.165) is 16.9 Å². The van der Waals surface area contributed by atoms with E-state index in [1.807, 2.05) is 0 Å². The molecule has 0 fully saturated rings. The lowest BCUT2D eigenvalue weighted by molar-refractivity contribution is 0.395. The molecule has 114 valence electrons. The average Bonchev–Trinajstić information content (AvgIpc) is 2.96. The predicted molar refractivity (Wildman–Crippen MR) is 82.6 cm³/mol. The van der Waals surface area contributed by atoms with Gasteiger partial charge in [0.1, 0.15) is 15.7 Å². The molecule has 0 atom stereocenters. The molecule has 0 aliphatic carbocycles. The molecule has 1 heterocycles. The van der Waals surface area contributed by atoms with Crippen molar-refractivity contribution >= 4 is 27.0 Å². The summed E-state index contributed by atoms with van der Waals surface area (Å²) in [7, 11) is -0.651. The SMILES string of the molecule is COc1cc(NS(=O)(=O)c2cc(CN)cs2)cc(OC)c1. The fraction of sp³-hybridized carbons (Fsp3) is 0.231. The largest absolute Gasteiger partial charge is 0.497 e. The third-order valence-corrected chi connectivity index (χ3v) is 5.60. The summed E-state index contributed by atoms with van der Waals surface area (Å²) >= 11 is 1.13. The molecule has 0 radical (unpaired) electrons. The number of sulfonamides is 1. The highest BCUT2D eigenvalue weighted by Crippen LogP contribution is 2.28. The Kier molecular flexibility index (Phi) is 4.71. The van der Waals surface area contributed by atoms with Crippen LogP contribution in [0, 0.1) is 0 Å². The van der Waals surface area contributed by atoms with Gasteiger partial charge in [-0.25, -0.2) is 8.42 Å². The van der Waals surface area contributed by atoms with Crippen molar-refractivity contribution < 1.29 is 17.9 Å². The van der Waals surface area contributed by atoms with E-state index in [0.29, 0.717) is 23.7 Å². The lowest BCUT2D eigenvalue weighted by Crippen LogP contribution is -2.11. The van der Waals surface area contributed by atoms with E-state index in [2.05, 4.69) is 4.72 Å². The van der Waals surface area contributed by atoms with Gasteiger partial charge in [-0.3, -0.25) is 4.72 Å². The minimum absolute atomic E-state index is 0.213. The van der Waals surface area contributed by atoms with Crippen LogP contribution in [-0.4, -0.2) is 22.6 Å². The molecule has 8 heteroatoms. The summed E-state index contributed by atoms with van der Waals surface area (Å²) < 4.78 is 37.6. The maximum Gasteiger partial charge on any atom is 0.271 e. The number of methoxy groups -OCH3 is 2. The maximum atomic E-state index is 12.3. The molecule has 6 nitrogen and oxygen atoms in total. The van der Waals surface area contributed by atoms with Gasteiger partial charge >= 0.3 is 0 Å². The number of benzene rings is 1. The number of rotatable bonds is 6. The van der Waals surface area contributed by atoms with E-state index in [4.69, 9.17) is 15.2 Å². The molecule has 0 amide bonds. The van der Waals surface area contributed by atoms with Gasteiger partial charge in [0.05, 0.1) is 19.9 Å². The summed E-state index contributed by atoms with van der Waals surface area (Å²) in [5.74, 6) is 1.00. The summed E-state index contributed by atoms with van der Waals surface area (Å²) in [5.41, 5.74) is 6.64. The molecule has 0 saturated carbocycles. The summed E-state index contributed by atoms with van der Waals surface area (Å²) in [6, 6.07) is 6.38. The second-order valence-electron chi connectivity index (χ2n) is 4.18. The Hall–Kier alpha value is -1.77. The second-order valence-corrected chi connectivity index (χ2v) is 7.01. The van der Waals surface area contributed by atoms with Crippen molar-refractivity contribution in [2.75, 3.05) is 18.9 Å². The Labute approximate surface area is 127 Å². The minimum Gasteiger partial charge on any atom is -0.497 e. The van der Waals surface area contributed by atoms with E-state index < -0.39 is 10.0 Å². The van der Waals surface area contributed by atoms with Crippen molar-refractivity contribution in [2.24, 2.45) is 5.73 Å². The van der Waals surface area contributed by atoms with Gasteiger partial charge in [0, 0.05) is 24.7 Å². The maximum absolute atomic E-state index is 12.3. The van der Waals surface area contributed by atoms with Gasteiger partial charge in [-0.15, -0.1) is 11.3 Å². The topological polar surface area (TPSA) is 90.7 Å². The standard InChI is InChI=1S/C13H16N2O4S2/c1-18-11-4-10(5-12(6-11)19-2)15-21(16,17)13-3-9(7-14)8-20-13/h3-6,8,15H,7,14H2,1-2H3. The second kappa shape index (κ2) is 6.33. The zero-order chi connectivity index (χ0) is 15.5. The van der Waals surface area contributed by atoms with Gasteiger partial charge < -0.3 is 15.2 Å². The van der Waals surface area contributed by atoms with Gasteiger partial charge in [0.2, 0.25) is 0 Å². The zero-order valence-corrected chi connectivity index (χ0v) is 13.3. The Morgan fingerprint density at radius 3 is 2.24 bits per heavy atom. The van der Waals surface area contributed by atoms with Crippen LogP contribution in [0.1, 0.15) is 5.56 Å². The first-order chi connectivity index (χ1) is 9.98. The smallest absolute Gasteiger partial charge is 0.271 e. The van der Waals surface area contributed by atoms with Crippen molar-refractivity contribution in [2.45, 2.75) is 10.8 Å². The van der Waals surface area contributed by atoms with E-state index in [9.17, 15) is 8.42 Å². The van der Waals surface area contributed by atoms with Crippen LogP contribution in [0.2, 0.25) is 0 Å². The first kappa shape index (κ1) is 15.6. The Balaban J connectivity index is 2.31. The molecule has 0 saturated heterocycles. The van der Waals surface area contributed by atoms with Crippen molar-refractivity contribution in [1.29, 1.82) is 0 Å².